The van der Waals surface area contributed by atoms with Crippen molar-refractivity contribution in [3.8, 4) is 0 Å². The minimum Gasteiger partial charge on any atom is -0.479 e. The summed E-state index contributed by atoms with van der Waals surface area (Å²) in [5.41, 5.74) is -2.91. The Labute approximate surface area is 89.0 Å². The molecule has 0 unspecified atom stereocenters. The molecular formula is C10H18O5. The van der Waals surface area contributed by atoms with Gasteiger partial charge in [0.05, 0.1) is 5.60 Å². The number of hydrogen-bond acceptors (Lipinski definition) is 3. The van der Waals surface area contributed by atoms with E-state index in [1.165, 1.54) is 0 Å². The third kappa shape index (κ3) is 2.92. The predicted molar refractivity (Wildman–Crippen MR) is 53.7 cm³/mol. The van der Waals surface area contributed by atoms with Crippen molar-refractivity contribution in [3.63, 3.8) is 0 Å². The van der Waals surface area contributed by atoms with Gasteiger partial charge in [-0.15, -0.1) is 0 Å². The number of carbonyl (C=O) groups is 2. The normalized spacial score (nSPS) is 12.5. The molecule has 2 N–H and O–H groups in total. The summed E-state index contributed by atoms with van der Waals surface area (Å²) in [5.74, 6) is -2.97. The Bertz CT molecular complexity index is 241. The summed E-state index contributed by atoms with van der Waals surface area (Å²) in [6.07, 6.45) is 1.11. The van der Waals surface area contributed by atoms with E-state index in [4.69, 9.17) is 14.9 Å². The highest BCUT2D eigenvalue weighted by atomic mass is 16.6. The van der Waals surface area contributed by atoms with Gasteiger partial charge in [-0.05, 0) is 26.7 Å². The van der Waals surface area contributed by atoms with Crippen molar-refractivity contribution in [2.24, 2.45) is 0 Å². The van der Waals surface area contributed by atoms with Crippen molar-refractivity contribution < 1.29 is 24.5 Å². The molecular weight excluding hydrogens is 200 g/mol. The maximum atomic E-state index is 10.9. The van der Waals surface area contributed by atoms with Gasteiger partial charge in [0.2, 0.25) is 0 Å². The molecule has 0 atom stereocenters. The summed E-state index contributed by atoms with van der Waals surface area (Å²) in [6.45, 7) is 6.42. The van der Waals surface area contributed by atoms with Crippen molar-refractivity contribution in [1.29, 1.82) is 0 Å². The van der Waals surface area contributed by atoms with E-state index >= 15 is 0 Å². The first-order chi connectivity index (χ1) is 6.72. The van der Waals surface area contributed by atoms with Gasteiger partial charge in [-0.25, -0.2) is 9.59 Å². The minimum atomic E-state index is -2.18. The number of carboxylic acids is 2. The fraction of sp³-hybridized carbons (Fsp3) is 0.800. The first kappa shape index (κ1) is 13.9. The summed E-state index contributed by atoms with van der Waals surface area (Å²) < 4.78 is 5.25. The van der Waals surface area contributed by atoms with Crippen LogP contribution in [0.3, 0.4) is 0 Å². The van der Waals surface area contributed by atoms with Gasteiger partial charge in [-0.1, -0.05) is 13.8 Å². The average Bonchev–Trinajstić information content (AvgIpc) is 2.16. The molecule has 0 rings (SSSR count). The van der Waals surface area contributed by atoms with E-state index in [0.29, 0.717) is 12.8 Å². The molecule has 5 heteroatoms. The van der Waals surface area contributed by atoms with Crippen LogP contribution in [-0.4, -0.2) is 33.4 Å². The molecule has 0 amide bonds. The summed E-state index contributed by atoms with van der Waals surface area (Å²) in [5, 5.41) is 17.7. The quantitative estimate of drug-likeness (QED) is 0.660. The SMILES string of the molecule is CCC(C)(CC)OC(C)(C(=O)O)C(=O)O. The predicted octanol–water partition coefficient (Wildman–Crippen LogP) is 1.51. The fourth-order valence-electron chi connectivity index (χ4n) is 1.07. The van der Waals surface area contributed by atoms with Gasteiger partial charge >= 0.3 is 11.9 Å². The van der Waals surface area contributed by atoms with Gasteiger partial charge in [0.15, 0.2) is 0 Å². The monoisotopic (exact) mass is 218 g/mol. The summed E-state index contributed by atoms with van der Waals surface area (Å²) in [6, 6.07) is 0. The molecule has 0 aliphatic carbocycles. The highest BCUT2D eigenvalue weighted by Crippen LogP contribution is 2.27. The van der Waals surface area contributed by atoms with Gasteiger partial charge < -0.3 is 14.9 Å². The van der Waals surface area contributed by atoms with Crippen LogP contribution in [0.5, 0.6) is 0 Å². The van der Waals surface area contributed by atoms with E-state index in [0.717, 1.165) is 6.92 Å². The van der Waals surface area contributed by atoms with Crippen molar-refractivity contribution >= 4 is 11.9 Å². The molecule has 0 bridgehead atoms. The standard InChI is InChI=1S/C10H18O5/c1-5-9(3,6-2)15-10(4,7(11)12)8(13)14/h5-6H2,1-4H3,(H,11,12)(H,13,14). The molecule has 88 valence electrons. The van der Waals surface area contributed by atoms with Gasteiger partial charge in [0, 0.05) is 0 Å². The van der Waals surface area contributed by atoms with E-state index in [-0.39, 0.29) is 0 Å². The first-order valence-electron chi connectivity index (χ1n) is 4.89. The van der Waals surface area contributed by atoms with Gasteiger partial charge in [-0.3, -0.25) is 0 Å². The molecule has 0 aromatic carbocycles. The lowest BCUT2D eigenvalue weighted by molar-refractivity contribution is -0.201. The van der Waals surface area contributed by atoms with Gasteiger partial charge in [0.1, 0.15) is 0 Å². The van der Waals surface area contributed by atoms with Crippen LogP contribution in [0.15, 0.2) is 0 Å². The third-order valence-electron chi connectivity index (χ3n) is 2.76. The largest absolute Gasteiger partial charge is 0.479 e. The molecule has 0 saturated carbocycles. The zero-order valence-electron chi connectivity index (χ0n) is 9.53. The second-order valence-electron chi connectivity index (χ2n) is 3.90. The molecule has 15 heavy (non-hydrogen) atoms. The van der Waals surface area contributed by atoms with Crippen LogP contribution >= 0.6 is 0 Å². The molecule has 0 heterocycles. The van der Waals surface area contributed by atoms with Crippen LogP contribution in [0.2, 0.25) is 0 Å². The molecule has 0 aromatic heterocycles. The molecule has 0 aliphatic rings. The Morgan fingerprint density at radius 1 is 1.07 bits per heavy atom. The van der Waals surface area contributed by atoms with E-state index in [9.17, 15) is 9.59 Å². The molecule has 0 fully saturated rings. The topological polar surface area (TPSA) is 83.8 Å². The highest BCUT2D eigenvalue weighted by Gasteiger charge is 2.47. The lowest BCUT2D eigenvalue weighted by Crippen LogP contribution is -2.51. The van der Waals surface area contributed by atoms with E-state index in [1.807, 2.05) is 13.8 Å². The van der Waals surface area contributed by atoms with Crippen LogP contribution in [0, 0.1) is 0 Å². The number of hydrogen-bond donors (Lipinski definition) is 2. The zero-order chi connectivity index (χ0) is 12.3. The summed E-state index contributed by atoms with van der Waals surface area (Å²) in [4.78, 5) is 21.7. The van der Waals surface area contributed by atoms with Crippen LogP contribution in [0.1, 0.15) is 40.5 Å². The molecule has 0 aliphatic heterocycles. The maximum absolute atomic E-state index is 10.9. The van der Waals surface area contributed by atoms with Crippen molar-refractivity contribution in [3.05, 3.63) is 0 Å². The van der Waals surface area contributed by atoms with Crippen LogP contribution < -0.4 is 0 Å². The van der Waals surface area contributed by atoms with Crippen molar-refractivity contribution in [2.75, 3.05) is 0 Å². The number of carboxylic acid groups (broad SMARTS) is 2. The van der Waals surface area contributed by atoms with Crippen LogP contribution in [0.4, 0.5) is 0 Å². The summed E-state index contributed by atoms with van der Waals surface area (Å²) in [7, 11) is 0. The maximum Gasteiger partial charge on any atom is 0.347 e. The Morgan fingerprint density at radius 3 is 1.60 bits per heavy atom. The molecule has 0 aromatic rings. The van der Waals surface area contributed by atoms with E-state index in [1.54, 1.807) is 6.92 Å². The second-order valence-corrected chi connectivity index (χ2v) is 3.90. The molecule has 0 radical (unpaired) electrons. The third-order valence-corrected chi connectivity index (χ3v) is 2.76. The lowest BCUT2D eigenvalue weighted by Gasteiger charge is -2.34. The second kappa shape index (κ2) is 4.61. The molecule has 0 saturated heterocycles. The Hall–Kier alpha value is -1.10. The Balaban J connectivity index is 5.00. The first-order valence-corrected chi connectivity index (χ1v) is 4.89. The minimum absolute atomic E-state index is 0.555. The molecule has 5 nitrogen and oxygen atoms in total. The van der Waals surface area contributed by atoms with Crippen LogP contribution in [-0.2, 0) is 14.3 Å². The van der Waals surface area contributed by atoms with Crippen molar-refractivity contribution in [1.82, 2.24) is 0 Å². The number of rotatable bonds is 6. The average molecular weight is 218 g/mol. The van der Waals surface area contributed by atoms with E-state index < -0.39 is 23.1 Å². The highest BCUT2D eigenvalue weighted by molar-refractivity contribution is 6.01. The van der Waals surface area contributed by atoms with E-state index in [2.05, 4.69) is 0 Å². The van der Waals surface area contributed by atoms with Crippen molar-refractivity contribution in [2.45, 2.75) is 51.7 Å². The lowest BCUT2D eigenvalue weighted by atomic mass is 9.97. The Kier molecular flexibility index (Phi) is 4.27. The van der Waals surface area contributed by atoms with Gasteiger partial charge in [0.25, 0.3) is 5.60 Å². The smallest absolute Gasteiger partial charge is 0.347 e. The Morgan fingerprint density at radius 2 is 1.40 bits per heavy atom. The van der Waals surface area contributed by atoms with Gasteiger partial charge in [-0.2, -0.15) is 0 Å². The zero-order valence-corrected chi connectivity index (χ0v) is 9.53. The number of aliphatic carboxylic acids is 2. The summed E-state index contributed by atoms with van der Waals surface area (Å²) >= 11 is 0. The van der Waals surface area contributed by atoms with Crippen LogP contribution in [0.25, 0.3) is 0 Å². The fourth-order valence-corrected chi connectivity index (χ4v) is 1.07. The molecule has 0 spiro atoms. The number of ether oxygens (including phenoxy) is 1.